The van der Waals surface area contributed by atoms with Crippen molar-refractivity contribution in [3.63, 3.8) is 0 Å². The summed E-state index contributed by atoms with van der Waals surface area (Å²) in [5.74, 6) is -0.154. The topological polar surface area (TPSA) is 40.6 Å². The summed E-state index contributed by atoms with van der Waals surface area (Å²) in [4.78, 5) is 26.5. The minimum Gasteiger partial charge on any atom is -0.272 e. The number of amides is 2. The summed E-state index contributed by atoms with van der Waals surface area (Å²) in [6.45, 7) is 6.21. The van der Waals surface area contributed by atoms with Crippen molar-refractivity contribution in [3.8, 4) is 0 Å². The fraction of sp³-hybridized carbons (Fsp3) is 0.417. The van der Waals surface area contributed by atoms with Gasteiger partial charge in [0.15, 0.2) is 0 Å². The molecule has 0 saturated carbocycles. The molecule has 4 aliphatic rings. The fourth-order valence-electron chi connectivity index (χ4n) is 5.48. The Kier molecular flexibility index (Phi) is 3.71. The monoisotopic (exact) mass is 374 g/mol. The van der Waals surface area contributed by atoms with Crippen LogP contribution in [0, 0.1) is 11.8 Å². The van der Waals surface area contributed by atoms with Crippen molar-refractivity contribution < 1.29 is 9.59 Å². The van der Waals surface area contributed by atoms with Crippen LogP contribution in [0.3, 0.4) is 0 Å². The van der Waals surface area contributed by atoms with Crippen LogP contribution in [-0.2, 0) is 15.1 Å². The Balaban J connectivity index is 1.79. The van der Waals surface area contributed by atoms with Crippen molar-refractivity contribution in [1.29, 1.82) is 0 Å². The fourth-order valence-corrected chi connectivity index (χ4v) is 5.48. The average molecular weight is 374 g/mol. The second-order valence-corrected chi connectivity index (χ2v) is 8.78. The van der Waals surface area contributed by atoms with E-state index in [1.54, 1.807) is 11.9 Å². The highest BCUT2D eigenvalue weighted by Gasteiger charge is 2.64. The molecule has 4 heteroatoms. The van der Waals surface area contributed by atoms with Crippen molar-refractivity contribution in [3.05, 3.63) is 70.8 Å². The molecule has 0 N–H and O–H groups in total. The molecule has 3 aliphatic heterocycles. The molecule has 2 amide bonds. The van der Waals surface area contributed by atoms with Crippen LogP contribution in [0.2, 0.25) is 0 Å². The largest absolute Gasteiger partial charge is 0.272 e. The number of benzene rings is 2. The van der Waals surface area contributed by atoms with E-state index in [1.807, 2.05) is 17.1 Å². The van der Waals surface area contributed by atoms with Gasteiger partial charge in [-0.25, -0.2) is 10.0 Å². The predicted octanol–water partition coefficient (Wildman–Crippen LogP) is 4.39. The van der Waals surface area contributed by atoms with Crippen molar-refractivity contribution in [1.82, 2.24) is 10.0 Å². The lowest BCUT2D eigenvalue weighted by Crippen LogP contribution is -2.63. The van der Waals surface area contributed by atoms with E-state index in [0.29, 0.717) is 5.92 Å². The van der Waals surface area contributed by atoms with Crippen LogP contribution in [0.5, 0.6) is 0 Å². The number of nitrogens with zero attached hydrogens (tertiary/aromatic N) is 2. The predicted molar refractivity (Wildman–Crippen MR) is 107 cm³/mol. The summed E-state index contributed by atoms with van der Waals surface area (Å²) in [6.07, 6.45) is 2.93. The average Bonchev–Trinajstić information content (AvgIpc) is 2.93. The lowest BCUT2D eigenvalue weighted by Gasteiger charge is -2.58. The zero-order valence-electron chi connectivity index (χ0n) is 16.7. The molecule has 1 saturated heterocycles. The van der Waals surface area contributed by atoms with Gasteiger partial charge in [-0.3, -0.25) is 9.59 Å². The highest BCUT2D eigenvalue weighted by atomic mass is 16.2. The van der Waals surface area contributed by atoms with Gasteiger partial charge < -0.3 is 0 Å². The summed E-state index contributed by atoms with van der Waals surface area (Å²) < 4.78 is 0. The van der Waals surface area contributed by atoms with Gasteiger partial charge in [-0.15, -0.1) is 0 Å². The lowest BCUT2D eigenvalue weighted by atomic mass is 9.65. The second kappa shape index (κ2) is 5.94. The maximum Gasteiger partial charge on any atom is 0.254 e. The Morgan fingerprint density at radius 1 is 0.929 bits per heavy atom. The highest BCUT2D eigenvalue weighted by Crippen LogP contribution is 2.60. The third kappa shape index (κ3) is 2.01. The van der Waals surface area contributed by atoms with Crippen LogP contribution in [0.15, 0.2) is 48.5 Å². The van der Waals surface area contributed by atoms with Crippen molar-refractivity contribution in [2.24, 2.45) is 11.8 Å². The van der Waals surface area contributed by atoms with E-state index in [4.69, 9.17) is 0 Å². The van der Waals surface area contributed by atoms with Gasteiger partial charge in [0.1, 0.15) is 17.5 Å². The first-order valence-electron chi connectivity index (χ1n) is 10.3. The highest BCUT2D eigenvalue weighted by molar-refractivity contribution is 6.06. The smallest absolute Gasteiger partial charge is 0.254 e. The zero-order chi connectivity index (χ0) is 19.6. The van der Waals surface area contributed by atoms with E-state index in [1.165, 1.54) is 11.1 Å². The normalized spacial score (nSPS) is 27.3. The molecule has 0 radical (unpaired) electrons. The third-order valence-corrected chi connectivity index (χ3v) is 6.72. The zero-order valence-corrected chi connectivity index (χ0v) is 16.7. The van der Waals surface area contributed by atoms with Crippen LogP contribution in [0.1, 0.15) is 68.3 Å². The van der Waals surface area contributed by atoms with Gasteiger partial charge in [-0.2, -0.15) is 0 Å². The summed E-state index contributed by atoms with van der Waals surface area (Å²) in [5, 5.41) is 3.60. The van der Waals surface area contributed by atoms with Gasteiger partial charge in [0, 0.05) is 0 Å². The molecule has 4 nitrogen and oxygen atoms in total. The molecule has 1 fully saturated rings. The second-order valence-electron chi connectivity index (χ2n) is 8.78. The Bertz CT molecular complexity index is 933. The molecular formula is C24H26N2O2. The van der Waals surface area contributed by atoms with Crippen molar-refractivity contribution in [2.75, 3.05) is 0 Å². The maximum absolute atomic E-state index is 13.3. The molecule has 6 rings (SSSR count). The maximum atomic E-state index is 13.3. The molecule has 2 aromatic carbocycles. The van der Waals surface area contributed by atoms with Crippen LogP contribution >= 0.6 is 0 Å². The Morgan fingerprint density at radius 3 is 2.07 bits per heavy atom. The molecule has 3 heterocycles. The van der Waals surface area contributed by atoms with Crippen LogP contribution in [-0.4, -0.2) is 21.8 Å². The number of hydrazine groups is 1. The summed E-state index contributed by atoms with van der Waals surface area (Å²) >= 11 is 0. The van der Waals surface area contributed by atoms with Crippen LogP contribution in [0.4, 0.5) is 0 Å². The minimum atomic E-state index is -0.615. The van der Waals surface area contributed by atoms with Gasteiger partial charge in [0.05, 0.1) is 0 Å². The molecule has 144 valence electrons. The third-order valence-electron chi connectivity index (χ3n) is 6.72. The molecule has 2 bridgehead atoms. The lowest BCUT2D eigenvalue weighted by molar-refractivity contribution is -0.172. The van der Waals surface area contributed by atoms with E-state index < -0.39 is 11.5 Å². The van der Waals surface area contributed by atoms with E-state index in [0.717, 1.165) is 30.4 Å². The summed E-state index contributed by atoms with van der Waals surface area (Å²) in [7, 11) is 0. The van der Waals surface area contributed by atoms with Gasteiger partial charge in [-0.1, -0.05) is 75.2 Å². The molecule has 28 heavy (non-hydrogen) atoms. The first-order chi connectivity index (χ1) is 13.5. The first-order valence-corrected chi connectivity index (χ1v) is 10.3. The molecule has 1 atom stereocenters. The number of rotatable bonds is 4. The number of carbonyl (C=O) groups excluding carboxylic acids is 2. The first kappa shape index (κ1) is 17.5. The van der Waals surface area contributed by atoms with Gasteiger partial charge in [0.25, 0.3) is 11.8 Å². The molecule has 0 spiro atoms. The van der Waals surface area contributed by atoms with Crippen LogP contribution < -0.4 is 0 Å². The van der Waals surface area contributed by atoms with Gasteiger partial charge in [0.2, 0.25) is 0 Å². The Hall–Kier alpha value is -2.62. The molecule has 2 aromatic rings. The summed E-state index contributed by atoms with van der Waals surface area (Å²) in [6, 6.07) is 16.6. The SMILES string of the molecule is CC(C)CCCC12c3ccccc3C(c3ccccc31)N1C(=O)C(C)C(=O)N12. The number of hydrogen-bond acceptors (Lipinski definition) is 2. The Labute approximate surface area is 166 Å². The van der Waals surface area contributed by atoms with E-state index in [-0.39, 0.29) is 17.9 Å². The quantitative estimate of drug-likeness (QED) is 0.745. The van der Waals surface area contributed by atoms with Gasteiger partial charge in [-0.05, 0) is 41.5 Å². The standard InChI is InChI=1S/C24H26N2O2/c1-15(2)9-8-14-24-19-12-6-4-10-17(19)21(18-11-5-7-13-20(18)24)25-22(27)16(3)23(28)26(24)25/h4-7,10-13,15-16,21H,8-9,14H2,1-3H3. The minimum absolute atomic E-state index is 0.0662. The van der Waals surface area contributed by atoms with E-state index >= 15 is 0 Å². The molecule has 1 aliphatic carbocycles. The molecule has 1 unspecified atom stereocenters. The molecule has 0 aromatic heterocycles. The van der Waals surface area contributed by atoms with E-state index in [2.05, 4.69) is 50.2 Å². The summed E-state index contributed by atoms with van der Waals surface area (Å²) in [5.41, 5.74) is 4.12. The number of hydrogen-bond donors (Lipinski definition) is 0. The van der Waals surface area contributed by atoms with Crippen LogP contribution in [0.25, 0.3) is 0 Å². The molecular weight excluding hydrogens is 348 g/mol. The van der Waals surface area contributed by atoms with Crippen molar-refractivity contribution >= 4 is 11.8 Å². The van der Waals surface area contributed by atoms with Gasteiger partial charge >= 0.3 is 0 Å². The number of carbonyl (C=O) groups is 2. The van der Waals surface area contributed by atoms with E-state index in [9.17, 15) is 9.59 Å². The van der Waals surface area contributed by atoms with Crippen molar-refractivity contribution in [2.45, 2.75) is 51.6 Å². The Morgan fingerprint density at radius 2 is 1.50 bits per heavy atom.